The molecule has 0 bridgehead atoms. The fourth-order valence-corrected chi connectivity index (χ4v) is 10.4. The van der Waals surface area contributed by atoms with Crippen LogP contribution in [0.3, 0.4) is 0 Å². The Labute approximate surface area is 210 Å². The molecule has 2 unspecified atom stereocenters. The number of ketones is 1. The van der Waals surface area contributed by atoms with E-state index in [0.717, 1.165) is 32.1 Å². The minimum absolute atomic E-state index is 0.104. The number of fused-ring (bicyclic) bond motifs is 7. The van der Waals surface area contributed by atoms with Crippen LogP contribution in [0.25, 0.3) is 0 Å². The predicted molar refractivity (Wildman–Crippen MR) is 134 cm³/mol. The van der Waals surface area contributed by atoms with Crippen molar-refractivity contribution in [2.24, 2.45) is 50.2 Å². The summed E-state index contributed by atoms with van der Waals surface area (Å²) in [6.45, 7) is 13.4. The van der Waals surface area contributed by atoms with Crippen LogP contribution in [0.15, 0.2) is 11.6 Å². The molecular weight excluding hydrogens is 440 g/mol. The number of hydrogen-bond donors (Lipinski definition) is 2. The van der Waals surface area contributed by atoms with Gasteiger partial charge < -0.3 is 10.2 Å². The van der Waals surface area contributed by atoms with Gasteiger partial charge >= 0.3 is 11.9 Å². The van der Waals surface area contributed by atoms with E-state index in [-0.39, 0.29) is 33.5 Å². The number of rotatable bonds is 2. The Hall–Kier alpha value is -1.65. The van der Waals surface area contributed by atoms with E-state index in [2.05, 4.69) is 40.7 Å². The van der Waals surface area contributed by atoms with Gasteiger partial charge in [-0.25, -0.2) is 0 Å². The van der Waals surface area contributed by atoms with Crippen LogP contribution in [0.2, 0.25) is 0 Å². The number of hydrogen-bond acceptors (Lipinski definition) is 3. The predicted octanol–water partition coefficient (Wildman–Crippen LogP) is 6.51. The zero-order valence-corrected chi connectivity index (χ0v) is 22.5. The van der Waals surface area contributed by atoms with Gasteiger partial charge in [-0.1, -0.05) is 46.3 Å². The maximum absolute atomic E-state index is 13.7. The Kier molecular flexibility index (Phi) is 5.16. The minimum Gasteiger partial charge on any atom is -0.481 e. The fraction of sp³-hybridized carbons (Fsp3) is 0.833. The summed E-state index contributed by atoms with van der Waals surface area (Å²) < 4.78 is 0. The lowest BCUT2D eigenvalue weighted by molar-refractivity contribution is -0.192. The van der Waals surface area contributed by atoms with Gasteiger partial charge in [-0.3, -0.25) is 14.4 Å². The first-order valence-corrected chi connectivity index (χ1v) is 13.8. The molecule has 5 rings (SSSR count). The van der Waals surface area contributed by atoms with Crippen molar-refractivity contribution >= 4 is 17.7 Å². The average molecular weight is 485 g/mol. The largest absolute Gasteiger partial charge is 0.481 e. The van der Waals surface area contributed by atoms with E-state index in [0.29, 0.717) is 43.8 Å². The standard InChI is InChI=1S/C30H44O5/c1-25(2)11-10-22(31)29(6)20(25)9-12-28(5)21(29)8-7-18-19-17-26(3,23(32)33)13-15-30(19,24(34)35)16-14-27(18,28)4/h7,19-21H,8-17H2,1-6H3,(H,32,33)(H,34,35)/t19-,20?,21+,26?,27-,28-,29+,30+/m1/s1. The lowest BCUT2D eigenvalue weighted by Gasteiger charge is -2.70. The highest BCUT2D eigenvalue weighted by molar-refractivity contribution is 5.87. The first-order valence-electron chi connectivity index (χ1n) is 13.8. The molecule has 5 heteroatoms. The van der Waals surface area contributed by atoms with E-state index < -0.39 is 22.8 Å². The third-order valence-corrected chi connectivity index (χ3v) is 13.0. The van der Waals surface area contributed by atoms with Crippen molar-refractivity contribution in [1.82, 2.24) is 0 Å². The SMILES string of the molecule is CC1(C(=O)O)CC[C@]2(C(=O)O)CC[C@]3(C)C(=CC[C@@H]4[C@@]5(C)C(=O)CCC(C)(C)C5CC[C@]43C)[C@H]2C1. The molecule has 0 aliphatic heterocycles. The minimum atomic E-state index is -0.895. The number of carbonyl (C=O) groups excluding carboxylic acids is 1. The molecule has 0 radical (unpaired) electrons. The van der Waals surface area contributed by atoms with Gasteiger partial charge in [0.1, 0.15) is 5.78 Å². The molecule has 0 aromatic carbocycles. The Bertz CT molecular complexity index is 1030. The molecule has 2 N–H and O–H groups in total. The van der Waals surface area contributed by atoms with Crippen LogP contribution in [0, 0.1) is 50.2 Å². The summed E-state index contributed by atoms with van der Waals surface area (Å²) in [4.78, 5) is 38.7. The molecule has 0 aromatic heterocycles. The van der Waals surface area contributed by atoms with Crippen LogP contribution in [0.1, 0.15) is 106 Å². The number of aliphatic carboxylic acids is 2. The normalized spacial score (nSPS) is 50.6. The van der Waals surface area contributed by atoms with E-state index in [9.17, 15) is 24.6 Å². The van der Waals surface area contributed by atoms with Gasteiger partial charge in [-0.15, -0.1) is 0 Å². The summed E-state index contributed by atoms with van der Waals surface area (Å²) in [5.74, 6) is -0.793. The summed E-state index contributed by atoms with van der Waals surface area (Å²) in [5, 5.41) is 20.5. The molecule has 0 spiro atoms. The first kappa shape index (κ1) is 25.0. The molecule has 194 valence electrons. The highest BCUT2D eigenvalue weighted by Crippen LogP contribution is 2.75. The van der Waals surface area contributed by atoms with E-state index in [1.807, 2.05) is 0 Å². The van der Waals surface area contributed by atoms with Gasteiger partial charge in [0.05, 0.1) is 10.8 Å². The summed E-state index contributed by atoms with van der Waals surface area (Å²) in [6, 6.07) is 0. The molecule has 8 atom stereocenters. The summed E-state index contributed by atoms with van der Waals surface area (Å²) in [7, 11) is 0. The van der Waals surface area contributed by atoms with Crippen molar-refractivity contribution < 1.29 is 24.6 Å². The zero-order valence-electron chi connectivity index (χ0n) is 22.5. The molecule has 5 aliphatic rings. The smallest absolute Gasteiger partial charge is 0.310 e. The number of allylic oxidation sites excluding steroid dienone is 2. The highest BCUT2D eigenvalue weighted by Gasteiger charge is 2.70. The number of carboxylic acids is 2. The van der Waals surface area contributed by atoms with Gasteiger partial charge in [0.25, 0.3) is 0 Å². The third kappa shape index (κ3) is 2.90. The van der Waals surface area contributed by atoms with Crippen LogP contribution in [-0.2, 0) is 14.4 Å². The fourth-order valence-electron chi connectivity index (χ4n) is 10.4. The van der Waals surface area contributed by atoms with Crippen LogP contribution >= 0.6 is 0 Å². The van der Waals surface area contributed by atoms with Gasteiger partial charge in [0.15, 0.2) is 0 Å². The zero-order chi connectivity index (χ0) is 25.8. The lowest BCUT2D eigenvalue weighted by atomic mass is 9.33. The Morgan fingerprint density at radius 2 is 1.51 bits per heavy atom. The maximum atomic E-state index is 13.7. The van der Waals surface area contributed by atoms with Crippen molar-refractivity contribution in [2.75, 3.05) is 0 Å². The van der Waals surface area contributed by atoms with Crippen molar-refractivity contribution in [3.05, 3.63) is 11.6 Å². The number of carbonyl (C=O) groups is 3. The van der Waals surface area contributed by atoms with Crippen LogP contribution in [0.5, 0.6) is 0 Å². The Morgan fingerprint density at radius 3 is 2.14 bits per heavy atom. The van der Waals surface area contributed by atoms with Gasteiger partial charge in [0, 0.05) is 11.8 Å². The van der Waals surface area contributed by atoms with Gasteiger partial charge in [0.2, 0.25) is 0 Å². The Balaban J connectivity index is 1.63. The second-order valence-corrected chi connectivity index (χ2v) is 14.6. The van der Waals surface area contributed by atoms with Crippen molar-refractivity contribution in [2.45, 2.75) is 106 Å². The van der Waals surface area contributed by atoms with Gasteiger partial charge in [-0.05, 0) is 98.7 Å². The first-order chi connectivity index (χ1) is 16.1. The molecular formula is C30H44O5. The molecule has 4 saturated carbocycles. The van der Waals surface area contributed by atoms with Crippen LogP contribution in [0.4, 0.5) is 0 Å². The van der Waals surface area contributed by atoms with E-state index >= 15 is 0 Å². The third-order valence-electron chi connectivity index (χ3n) is 13.0. The molecule has 0 saturated heterocycles. The molecule has 5 nitrogen and oxygen atoms in total. The summed E-state index contributed by atoms with van der Waals surface area (Å²) in [6.07, 6.45) is 9.42. The van der Waals surface area contributed by atoms with E-state index in [4.69, 9.17) is 0 Å². The summed E-state index contributed by atoms with van der Waals surface area (Å²) >= 11 is 0. The number of Topliss-reactive ketones (excluding diaryl/α,β-unsaturated/α-hetero) is 1. The summed E-state index contributed by atoms with van der Waals surface area (Å²) in [5.41, 5.74) is -1.10. The monoisotopic (exact) mass is 484 g/mol. The topological polar surface area (TPSA) is 91.7 Å². The maximum Gasteiger partial charge on any atom is 0.310 e. The van der Waals surface area contributed by atoms with E-state index in [1.165, 1.54) is 5.57 Å². The second-order valence-electron chi connectivity index (χ2n) is 14.6. The van der Waals surface area contributed by atoms with Gasteiger partial charge in [-0.2, -0.15) is 0 Å². The molecule has 5 aliphatic carbocycles. The van der Waals surface area contributed by atoms with Crippen molar-refractivity contribution in [1.29, 1.82) is 0 Å². The van der Waals surface area contributed by atoms with Crippen molar-refractivity contribution in [3.63, 3.8) is 0 Å². The lowest BCUT2D eigenvalue weighted by Crippen LogP contribution is -2.65. The van der Waals surface area contributed by atoms with Crippen LogP contribution < -0.4 is 0 Å². The molecule has 4 fully saturated rings. The van der Waals surface area contributed by atoms with Crippen molar-refractivity contribution in [3.8, 4) is 0 Å². The molecule has 35 heavy (non-hydrogen) atoms. The highest BCUT2D eigenvalue weighted by atomic mass is 16.4. The van der Waals surface area contributed by atoms with Crippen LogP contribution in [-0.4, -0.2) is 27.9 Å². The average Bonchev–Trinajstić information content (AvgIpc) is 2.77. The molecule has 0 heterocycles. The number of carboxylic acid groups (broad SMARTS) is 2. The molecule has 0 amide bonds. The second kappa shape index (κ2) is 7.22. The molecule has 0 aromatic rings. The quantitative estimate of drug-likeness (QED) is 0.436. The van der Waals surface area contributed by atoms with E-state index in [1.54, 1.807) is 6.92 Å². The Morgan fingerprint density at radius 1 is 0.857 bits per heavy atom.